The summed E-state index contributed by atoms with van der Waals surface area (Å²) in [5.41, 5.74) is 9.94. The SMILES string of the molecule is C=NC(=N/C=C(\N)c1cc(OC)c(OC)c(OC)c1)c1cccc(-c2ncc(-c3cc(OC)c(OC)c(OC)c3)nn2)c1. The first-order valence-corrected chi connectivity index (χ1v) is 12.8. The molecule has 0 unspecified atom stereocenters. The van der Waals surface area contributed by atoms with Gasteiger partial charge in [0.05, 0.1) is 60.8 Å². The van der Waals surface area contributed by atoms with E-state index >= 15 is 0 Å². The molecule has 0 aliphatic rings. The van der Waals surface area contributed by atoms with Crippen molar-refractivity contribution in [2.75, 3.05) is 42.7 Å². The molecule has 222 valence electrons. The van der Waals surface area contributed by atoms with Crippen molar-refractivity contribution in [2.45, 2.75) is 0 Å². The largest absolute Gasteiger partial charge is 0.493 e. The number of aromatic nitrogens is 3. The minimum absolute atomic E-state index is 0.347. The van der Waals surface area contributed by atoms with Crippen LogP contribution in [0.25, 0.3) is 28.3 Å². The zero-order valence-electron chi connectivity index (χ0n) is 24.7. The minimum atomic E-state index is 0.347. The molecule has 3 aromatic carbocycles. The van der Waals surface area contributed by atoms with E-state index in [1.54, 1.807) is 51.8 Å². The van der Waals surface area contributed by atoms with Gasteiger partial charge in [0.25, 0.3) is 0 Å². The fraction of sp³-hybridized carbons (Fsp3) is 0.194. The summed E-state index contributed by atoms with van der Waals surface area (Å²) in [5.74, 6) is 3.64. The maximum atomic E-state index is 6.34. The number of nitrogens with two attached hydrogens (primary N) is 1. The van der Waals surface area contributed by atoms with Crippen LogP contribution in [-0.2, 0) is 0 Å². The van der Waals surface area contributed by atoms with Gasteiger partial charge in [0.1, 0.15) is 5.69 Å². The van der Waals surface area contributed by atoms with Gasteiger partial charge in [0.15, 0.2) is 34.7 Å². The van der Waals surface area contributed by atoms with E-state index in [1.165, 1.54) is 27.5 Å². The van der Waals surface area contributed by atoms with Crippen LogP contribution in [0, 0.1) is 0 Å². The van der Waals surface area contributed by atoms with E-state index < -0.39 is 0 Å². The lowest BCUT2D eigenvalue weighted by Crippen LogP contribution is -2.02. The molecule has 0 radical (unpaired) electrons. The lowest BCUT2D eigenvalue weighted by molar-refractivity contribution is 0.324. The second-order valence-corrected chi connectivity index (χ2v) is 8.77. The molecule has 12 heteroatoms. The molecule has 0 aliphatic heterocycles. The van der Waals surface area contributed by atoms with Crippen molar-refractivity contribution in [1.29, 1.82) is 0 Å². The van der Waals surface area contributed by atoms with E-state index in [0.717, 1.165) is 0 Å². The molecular formula is C31H32N6O6. The number of methoxy groups -OCH3 is 6. The van der Waals surface area contributed by atoms with E-state index in [4.69, 9.17) is 34.2 Å². The van der Waals surface area contributed by atoms with Gasteiger partial charge in [-0.25, -0.2) is 15.0 Å². The third-order valence-corrected chi connectivity index (χ3v) is 6.37. The van der Waals surface area contributed by atoms with Crippen LogP contribution in [0.4, 0.5) is 0 Å². The summed E-state index contributed by atoms with van der Waals surface area (Å²) >= 11 is 0. The van der Waals surface area contributed by atoms with E-state index in [-0.39, 0.29) is 0 Å². The Hall–Kier alpha value is -5.65. The van der Waals surface area contributed by atoms with Gasteiger partial charge in [-0.15, -0.1) is 10.2 Å². The molecule has 0 saturated heterocycles. The van der Waals surface area contributed by atoms with Crippen LogP contribution < -0.4 is 34.2 Å². The summed E-state index contributed by atoms with van der Waals surface area (Å²) < 4.78 is 32.5. The van der Waals surface area contributed by atoms with Crippen LogP contribution in [0.15, 0.2) is 70.9 Å². The van der Waals surface area contributed by atoms with E-state index in [1.807, 2.05) is 24.3 Å². The first-order chi connectivity index (χ1) is 20.9. The number of hydrogen-bond acceptors (Lipinski definition) is 11. The molecule has 0 atom stereocenters. The summed E-state index contributed by atoms with van der Waals surface area (Å²) in [5, 5.41) is 8.71. The summed E-state index contributed by atoms with van der Waals surface area (Å²) in [6, 6.07) is 14.4. The highest BCUT2D eigenvalue weighted by Crippen LogP contribution is 2.41. The topological polar surface area (TPSA) is 145 Å². The Balaban J connectivity index is 1.63. The number of ether oxygens (including phenoxy) is 6. The first kappa shape index (κ1) is 30.3. The van der Waals surface area contributed by atoms with Crippen LogP contribution in [0.2, 0.25) is 0 Å². The number of benzene rings is 3. The second-order valence-electron chi connectivity index (χ2n) is 8.77. The van der Waals surface area contributed by atoms with E-state index in [2.05, 4.69) is 31.9 Å². The third-order valence-electron chi connectivity index (χ3n) is 6.37. The number of amidine groups is 1. The molecule has 1 aromatic heterocycles. The Labute approximate surface area is 249 Å². The van der Waals surface area contributed by atoms with E-state index in [9.17, 15) is 0 Å². The quantitative estimate of drug-likeness (QED) is 0.195. The van der Waals surface area contributed by atoms with Crippen molar-refractivity contribution in [3.8, 4) is 57.1 Å². The highest BCUT2D eigenvalue weighted by molar-refractivity contribution is 6.02. The van der Waals surface area contributed by atoms with Crippen molar-refractivity contribution in [1.82, 2.24) is 15.2 Å². The van der Waals surface area contributed by atoms with Crippen molar-refractivity contribution in [3.05, 3.63) is 72.1 Å². The maximum absolute atomic E-state index is 6.34. The van der Waals surface area contributed by atoms with Crippen molar-refractivity contribution in [3.63, 3.8) is 0 Å². The summed E-state index contributed by atoms with van der Waals surface area (Å²) in [7, 11) is 9.24. The average Bonchev–Trinajstić information content (AvgIpc) is 3.07. The molecule has 4 rings (SSSR count). The average molecular weight is 585 g/mol. The molecule has 0 bridgehead atoms. The molecule has 0 fully saturated rings. The van der Waals surface area contributed by atoms with Gasteiger partial charge in [-0.3, -0.25) is 0 Å². The summed E-state index contributed by atoms with van der Waals surface area (Å²) in [6.07, 6.45) is 3.11. The molecule has 0 saturated carbocycles. The summed E-state index contributed by atoms with van der Waals surface area (Å²) in [6.45, 7) is 3.67. The molecule has 4 aromatic rings. The van der Waals surface area contributed by atoms with Crippen molar-refractivity contribution in [2.24, 2.45) is 15.7 Å². The smallest absolute Gasteiger partial charge is 0.203 e. The van der Waals surface area contributed by atoms with Gasteiger partial charge < -0.3 is 34.2 Å². The lowest BCUT2D eigenvalue weighted by Gasteiger charge is -2.14. The molecule has 43 heavy (non-hydrogen) atoms. The van der Waals surface area contributed by atoms with Crippen LogP contribution in [0.5, 0.6) is 34.5 Å². The molecule has 0 aliphatic carbocycles. The lowest BCUT2D eigenvalue weighted by atomic mass is 10.1. The number of hydrogen-bond donors (Lipinski definition) is 1. The second kappa shape index (κ2) is 13.8. The fourth-order valence-electron chi connectivity index (χ4n) is 4.23. The normalized spacial score (nSPS) is 11.5. The Morgan fingerprint density at radius 2 is 1.30 bits per heavy atom. The number of nitrogens with zero attached hydrogens (tertiary/aromatic N) is 5. The zero-order valence-corrected chi connectivity index (χ0v) is 24.7. The highest BCUT2D eigenvalue weighted by atomic mass is 16.5. The van der Waals surface area contributed by atoms with Gasteiger partial charge >= 0.3 is 0 Å². The van der Waals surface area contributed by atoms with Crippen LogP contribution >= 0.6 is 0 Å². The molecule has 12 nitrogen and oxygen atoms in total. The van der Waals surface area contributed by atoms with Gasteiger partial charge in [-0.2, -0.15) is 0 Å². The van der Waals surface area contributed by atoms with Gasteiger partial charge in [0, 0.05) is 22.3 Å². The Kier molecular flexibility index (Phi) is 9.74. The first-order valence-electron chi connectivity index (χ1n) is 12.8. The third kappa shape index (κ3) is 6.48. The van der Waals surface area contributed by atoms with E-state index in [0.29, 0.717) is 79.8 Å². The van der Waals surface area contributed by atoms with Gasteiger partial charge in [-0.05, 0) is 37.0 Å². The zero-order chi connectivity index (χ0) is 30.9. The predicted octanol–water partition coefficient (Wildman–Crippen LogP) is 4.66. The van der Waals surface area contributed by atoms with Gasteiger partial charge in [-0.1, -0.05) is 18.2 Å². The predicted molar refractivity (Wildman–Crippen MR) is 165 cm³/mol. The Morgan fingerprint density at radius 1 is 0.721 bits per heavy atom. The highest BCUT2D eigenvalue weighted by Gasteiger charge is 2.17. The molecule has 1 heterocycles. The van der Waals surface area contributed by atoms with Gasteiger partial charge in [0.2, 0.25) is 11.5 Å². The minimum Gasteiger partial charge on any atom is -0.493 e. The number of aliphatic imine (C=N–C) groups is 2. The Morgan fingerprint density at radius 3 is 1.79 bits per heavy atom. The number of rotatable bonds is 11. The Bertz CT molecular complexity index is 1620. The van der Waals surface area contributed by atoms with Crippen molar-refractivity contribution >= 4 is 18.3 Å². The standard InChI is InChI=1S/C31H32N6O6/c1-33-30(34-16-22(32)20-12-24(38-2)28(42-6)25(13-20)39-3)18-9-8-10-19(11-18)31-35-17-23(36-37-31)21-14-26(40-4)29(43-7)27(15-21)41-5/h8-17H,1,32H2,2-7H3/b22-16-,34-30?. The molecular weight excluding hydrogens is 552 g/mol. The fourth-order valence-corrected chi connectivity index (χ4v) is 4.23. The van der Waals surface area contributed by atoms with Crippen LogP contribution in [0.3, 0.4) is 0 Å². The maximum Gasteiger partial charge on any atom is 0.203 e. The molecule has 2 N–H and O–H groups in total. The molecule has 0 spiro atoms. The van der Waals surface area contributed by atoms with Crippen LogP contribution in [0.1, 0.15) is 11.1 Å². The monoisotopic (exact) mass is 584 g/mol. The molecule has 0 amide bonds. The summed E-state index contributed by atoms with van der Waals surface area (Å²) in [4.78, 5) is 13.1. The van der Waals surface area contributed by atoms with Crippen LogP contribution in [-0.4, -0.2) is 70.4 Å². The van der Waals surface area contributed by atoms with Crippen molar-refractivity contribution < 1.29 is 28.4 Å².